The van der Waals surface area contributed by atoms with E-state index < -0.39 is 0 Å². The molecule has 1 aliphatic rings. The maximum Gasteiger partial charge on any atom is 0.236 e. The average molecular weight is 248 g/mol. The third-order valence-corrected chi connectivity index (χ3v) is 4.60. The Kier molecular flexibility index (Phi) is 6.52. The van der Waals surface area contributed by atoms with Crippen molar-refractivity contribution in [2.45, 2.75) is 25.0 Å². The Morgan fingerprint density at radius 3 is 2.67 bits per heavy atom. The van der Waals surface area contributed by atoms with Crippen molar-refractivity contribution in [3.05, 3.63) is 0 Å². The second-order valence-corrected chi connectivity index (χ2v) is 6.29. The van der Waals surface area contributed by atoms with Crippen LogP contribution in [0.5, 0.6) is 0 Å². The topological polar surface area (TPSA) is 32.3 Å². The smallest absolute Gasteiger partial charge is 0.236 e. The number of piperazine rings is 1. The molecule has 15 heavy (non-hydrogen) atoms. The molecule has 0 radical (unpaired) electrons. The van der Waals surface area contributed by atoms with Crippen LogP contribution >= 0.6 is 21.6 Å². The Labute approximate surface area is 100 Å². The van der Waals surface area contributed by atoms with Crippen LogP contribution in [0.1, 0.15) is 19.8 Å². The van der Waals surface area contributed by atoms with Gasteiger partial charge in [-0.25, -0.2) is 0 Å². The van der Waals surface area contributed by atoms with Crippen LogP contribution in [-0.4, -0.2) is 48.5 Å². The summed E-state index contributed by atoms with van der Waals surface area (Å²) < 4.78 is 0. The van der Waals surface area contributed by atoms with Crippen LogP contribution in [-0.2, 0) is 4.79 Å². The minimum absolute atomic E-state index is 0.156. The highest BCUT2D eigenvalue weighted by Gasteiger charge is 2.24. The lowest BCUT2D eigenvalue weighted by Gasteiger charge is -2.30. The van der Waals surface area contributed by atoms with Gasteiger partial charge in [-0.05, 0) is 12.7 Å². The minimum atomic E-state index is 0.156. The molecule has 0 aromatic heterocycles. The van der Waals surface area contributed by atoms with Crippen molar-refractivity contribution >= 4 is 27.5 Å². The van der Waals surface area contributed by atoms with Crippen molar-refractivity contribution in [3.63, 3.8) is 0 Å². The van der Waals surface area contributed by atoms with Crippen LogP contribution in [0.25, 0.3) is 0 Å². The van der Waals surface area contributed by atoms with Crippen LogP contribution in [0.2, 0.25) is 0 Å². The van der Waals surface area contributed by atoms with Gasteiger partial charge < -0.3 is 10.2 Å². The first-order valence-corrected chi connectivity index (χ1v) is 8.10. The number of hydrogen-bond acceptors (Lipinski definition) is 4. The molecule has 1 aliphatic heterocycles. The molecule has 0 bridgehead atoms. The van der Waals surface area contributed by atoms with E-state index in [0.29, 0.717) is 5.91 Å². The van der Waals surface area contributed by atoms with Gasteiger partial charge in [0, 0.05) is 26.2 Å². The summed E-state index contributed by atoms with van der Waals surface area (Å²) >= 11 is 0. The molecule has 0 aliphatic carbocycles. The van der Waals surface area contributed by atoms with Crippen molar-refractivity contribution in [2.75, 3.05) is 32.4 Å². The van der Waals surface area contributed by atoms with Gasteiger partial charge >= 0.3 is 0 Å². The fourth-order valence-electron chi connectivity index (χ4n) is 1.68. The summed E-state index contributed by atoms with van der Waals surface area (Å²) in [4.78, 5) is 14.1. The van der Waals surface area contributed by atoms with Gasteiger partial charge in [-0.2, -0.15) is 0 Å². The summed E-state index contributed by atoms with van der Waals surface area (Å²) in [6, 6.07) is 0. The van der Waals surface area contributed by atoms with Gasteiger partial charge in [0.05, 0.1) is 5.25 Å². The van der Waals surface area contributed by atoms with Gasteiger partial charge in [-0.1, -0.05) is 34.9 Å². The van der Waals surface area contributed by atoms with E-state index in [0.717, 1.165) is 39.0 Å². The molecule has 1 saturated heterocycles. The third-order valence-electron chi connectivity index (χ3n) is 2.47. The third kappa shape index (κ3) is 4.25. The molecule has 1 amide bonds. The van der Waals surface area contributed by atoms with Crippen LogP contribution < -0.4 is 5.32 Å². The van der Waals surface area contributed by atoms with Crippen molar-refractivity contribution in [3.8, 4) is 0 Å². The normalized spacial score (nSPS) is 18.9. The van der Waals surface area contributed by atoms with Crippen molar-refractivity contribution in [2.24, 2.45) is 0 Å². The summed E-state index contributed by atoms with van der Waals surface area (Å²) in [5.41, 5.74) is 0. The Balaban J connectivity index is 2.45. The zero-order chi connectivity index (χ0) is 11.1. The molecule has 0 aromatic carbocycles. The summed E-state index contributed by atoms with van der Waals surface area (Å²) in [5.74, 6) is 0.331. The van der Waals surface area contributed by atoms with E-state index in [2.05, 4.69) is 12.2 Å². The molecular weight excluding hydrogens is 228 g/mol. The Hall–Kier alpha value is 0.130. The molecule has 3 nitrogen and oxygen atoms in total. The predicted octanol–water partition coefficient (Wildman–Crippen LogP) is 1.60. The number of hydrogen-bond donors (Lipinski definition) is 1. The monoisotopic (exact) mass is 248 g/mol. The molecule has 5 heteroatoms. The molecule has 1 N–H and O–H groups in total. The fraction of sp³-hybridized carbons (Fsp3) is 0.900. The number of amides is 1. The van der Waals surface area contributed by atoms with Crippen LogP contribution in [0.15, 0.2) is 0 Å². The predicted molar refractivity (Wildman–Crippen MR) is 69.3 cm³/mol. The molecule has 0 spiro atoms. The Morgan fingerprint density at radius 1 is 1.47 bits per heavy atom. The number of rotatable bonds is 5. The highest BCUT2D eigenvalue weighted by molar-refractivity contribution is 8.76. The van der Waals surface area contributed by atoms with E-state index in [9.17, 15) is 4.79 Å². The van der Waals surface area contributed by atoms with Gasteiger partial charge in [-0.3, -0.25) is 4.79 Å². The van der Waals surface area contributed by atoms with Crippen LogP contribution in [0, 0.1) is 0 Å². The zero-order valence-electron chi connectivity index (χ0n) is 9.49. The second kappa shape index (κ2) is 7.41. The van der Waals surface area contributed by atoms with Crippen LogP contribution in [0.3, 0.4) is 0 Å². The molecule has 1 rings (SSSR count). The highest BCUT2D eigenvalue weighted by atomic mass is 33.1. The standard InChI is InChI=1S/C10H20N2OS2/c1-3-4-9(15-14-2)10(13)12-7-5-11-6-8-12/h9,11H,3-8H2,1-2H3. The first-order chi connectivity index (χ1) is 7.29. The van der Waals surface area contributed by atoms with Gasteiger partial charge in [0.25, 0.3) is 0 Å². The summed E-state index contributed by atoms with van der Waals surface area (Å²) in [6.45, 7) is 5.75. The largest absolute Gasteiger partial charge is 0.339 e. The summed E-state index contributed by atoms with van der Waals surface area (Å²) in [5, 5.41) is 3.42. The van der Waals surface area contributed by atoms with E-state index in [1.54, 1.807) is 21.6 Å². The molecule has 88 valence electrons. The Morgan fingerprint density at radius 2 is 2.13 bits per heavy atom. The molecule has 1 heterocycles. The SMILES string of the molecule is CCCC(SSC)C(=O)N1CCNCC1. The first-order valence-electron chi connectivity index (χ1n) is 5.48. The van der Waals surface area contributed by atoms with E-state index in [1.807, 2.05) is 11.2 Å². The first kappa shape index (κ1) is 13.2. The maximum absolute atomic E-state index is 12.1. The fourth-order valence-corrected chi connectivity index (χ4v) is 3.71. The van der Waals surface area contributed by atoms with Crippen molar-refractivity contribution in [1.29, 1.82) is 0 Å². The van der Waals surface area contributed by atoms with E-state index in [1.165, 1.54) is 0 Å². The average Bonchev–Trinajstić information content (AvgIpc) is 2.29. The molecule has 1 atom stereocenters. The van der Waals surface area contributed by atoms with Gasteiger partial charge in [0.2, 0.25) is 5.91 Å². The lowest BCUT2D eigenvalue weighted by atomic mass is 10.2. The zero-order valence-corrected chi connectivity index (χ0v) is 11.1. The Bertz CT molecular complexity index is 190. The summed E-state index contributed by atoms with van der Waals surface area (Å²) in [7, 11) is 3.40. The molecular formula is C10H20N2OS2. The van der Waals surface area contributed by atoms with E-state index in [4.69, 9.17) is 0 Å². The highest BCUT2D eigenvalue weighted by Crippen LogP contribution is 2.28. The quantitative estimate of drug-likeness (QED) is 0.749. The molecule has 0 saturated carbocycles. The minimum Gasteiger partial charge on any atom is -0.339 e. The van der Waals surface area contributed by atoms with E-state index >= 15 is 0 Å². The number of carbonyl (C=O) groups excluding carboxylic acids is 1. The lowest BCUT2D eigenvalue weighted by Crippen LogP contribution is -2.49. The van der Waals surface area contributed by atoms with Gasteiger partial charge in [0.1, 0.15) is 0 Å². The maximum atomic E-state index is 12.1. The lowest BCUT2D eigenvalue weighted by molar-refractivity contribution is -0.131. The van der Waals surface area contributed by atoms with Gasteiger partial charge in [-0.15, -0.1) is 0 Å². The second-order valence-electron chi connectivity index (χ2n) is 3.62. The number of nitrogens with one attached hydrogen (secondary N) is 1. The van der Waals surface area contributed by atoms with E-state index in [-0.39, 0.29) is 5.25 Å². The number of carbonyl (C=O) groups is 1. The van der Waals surface area contributed by atoms with Crippen molar-refractivity contribution in [1.82, 2.24) is 10.2 Å². The van der Waals surface area contributed by atoms with Crippen LogP contribution in [0.4, 0.5) is 0 Å². The molecule has 1 unspecified atom stereocenters. The number of nitrogens with zero attached hydrogens (tertiary/aromatic N) is 1. The summed E-state index contributed by atoms with van der Waals surface area (Å²) in [6.07, 6.45) is 4.11. The van der Waals surface area contributed by atoms with Crippen molar-refractivity contribution < 1.29 is 4.79 Å². The van der Waals surface area contributed by atoms with Gasteiger partial charge in [0.15, 0.2) is 0 Å². The molecule has 0 aromatic rings. The molecule has 1 fully saturated rings.